The van der Waals surface area contributed by atoms with Crippen molar-refractivity contribution in [2.45, 2.75) is 5.60 Å². The van der Waals surface area contributed by atoms with Gasteiger partial charge < -0.3 is 24.8 Å². The van der Waals surface area contributed by atoms with E-state index in [9.17, 15) is 0 Å². The number of nitrogens with two attached hydrogens (primary N) is 1. The quantitative estimate of drug-likeness (QED) is 0.696. The highest BCUT2D eigenvalue weighted by atomic mass is 32.1. The molecule has 2 N–H and O–H groups in total. The van der Waals surface area contributed by atoms with Gasteiger partial charge in [-0.15, -0.1) is 11.3 Å². The molecule has 146 valence electrons. The molecule has 3 aromatic heterocycles. The minimum absolute atomic E-state index is 0.225. The molecule has 2 aliphatic rings. The van der Waals surface area contributed by atoms with E-state index in [1.54, 1.807) is 30.8 Å². The fraction of sp³-hybridized carbons (Fsp3) is 0.444. The Bertz CT molecular complexity index is 993. The lowest BCUT2D eigenvalue weighted by Gasteiger charge is -2.39. The normalized spacial score (nSPS) is 19.0. The number of morpholine rings is 1. The molecule has 2 saturated heterocycles. The Hall–Kier alpha value is -2.40. The number of fused-ring (bicyclic) bond motifs is 1. The fourth-order valence-electron chi connectivity index (χ4n) is 3.36. The maximum Gasteiger partial charge on any atom is 0.219 e. The maximum atomic E-state index is 5.77. The summed E-state index contributed by atoms with van der Waals surface area (Å²) in [5.41, 5.74) is 6.84. The van der Waals surface area contributed by atoms with Gasteiger partial charge in [0.05, 0.1) is 42.2 Å². The average molecular weight is 400 g/mol. The molecule has 0 spiro atoms. The number of anilines is 2. The molecular weight excluding hydrogens is 380 g/mol. The van der Waals surface area contributed by atoms with E-state index in [4.69, 9.17) is 29.9 Å². The van der Waals surface area contributed by atoms with Crippen molar-refractivity contribution in [2.75, 3.05) is 57.3 Å². The van der Waals surface area contributed by atoms with Gasteiger partial charge in [0.1, 0.15) is 5.60 Å². The molecule has 0 atom stereocenters. The number of rotatable bonds is 4. The zero-order chi connectivity index (χ0) is 19.1. The molecule has 0 unspecified atom stereocenters. The van der Waals surface area contributed by atoms with Crippen molar-refractivity contribution >= 4 is 33.3 Å². The largest absolute Gasteiger partial charge is 0.378 e. The van der Waals surface area contributed by atoms with E-state index in [0.29, 0.717) is 32.3 Å². The minimum atomic E-state index is -0.391. The van der Waals surface area contributed by atoms with Crippen LogP contribution in [0.2, 0.25) is 0 Å². The monoisotopic (exact) mass is 400 g/mol. The van der Waals surface area contributed by atoms with Crippen molar-refractivity contribution in [1.29, 1.82) is 0 Å². The highest BCUT2D eigenvalue weighted by Gasteiger charge is 2.42. The van der Waals surface area contributed by atoms with Crippen molar-refractivity contribution in [3.63, 3.8) is 0 Å². The van der Waals surface area contributed by atoms with Crippen molar-refractivity contribution in [1.82, 2.24) is 19.9 Å². The molecule has 0 radical (unpaired) electrons. The summed E-state index contributed by atoms with van der Waals surface area (Å²) >= 11 is 1.67. The lowest BCUT2D eigenvalue weighted by molar-refractivity contribution is -0.200. The van der Waals surface area contributed by atoms with Crippen molar-refractivity contribution in [2.24, 2.45) is 0 Å². The number of hydrogen-bond donors (Lipinski definition) is 1. The van der Waals surface area contributed by atoms with Crippen LogP contribution >= 0.6 is 11.3 Å². The fourth-order valence-corrected chi connectivity index (χ4v) is 4.61. The molecule has 0 amide bonds. The molecule has 9 nitrogen and oxygen atoms in total. The second kappa shape index (κ2) is 6.89. The summed E-state index contributed by atoms with van der Waals surface area (Å²) < 4.78 is 17.7. The van der Waals surface area contributed by atoms with E-state index < -0.39 is 5.60 Å². The van der Waals surface area contributed by atoms with E-state index in [0.717, 1.165) is 39.6 Å². The first-order valence-corrected chi connectivity index (χ1v) is 9.86. The first-order chi connectivity index (χ1) is 13.7. The van der Waals surface area contributed by atoms with Crippen molar-refractivity contribution in [3.05, 3.63) is 23.3 Å². The number of aromatic nitrogens is 4. The predicted octanol–water partition coefficient (Wildman–Crippen LogP) is 1.44. The maximum absolute atomic E-state index is 5.77. The number of nitrogen functional groups attached to an aromatic ring is 1. The Morgan fingerprint density at radius 2 is 1.89 bits per heavy atom. The van der Waals surface area contributed by atoms with Crippen LogP contribution < -0.4 is 10.6 Å². The third kappa shape index (κ3) is 2.89. The zero-order valence-electron chi connectivity index (χ0n) is 15.4. The van der Waals surface area contributed by atoms with Crippen LogP contribution in [0.25, 0.3) is 21.6 Å². The zero-order valence-corrected chi connectivity index (χ0v) is 16.2. The third-order valence-corrected chi connectivity index (χ3v) is 6.41. The van der Waals surface area contributed by atoms with Crippen molar-refractivity contribution in [3.8, 4) is 11.4 Å². The van der Waals surface area contributed by atoms with Gasteiger partial charge in [0.2, 0.25) is 5.95 Å². The molecule has 5 rings (SSSR count). The van der Waals surface area contributed by atoms with Crippen LogP contribution in [-0.2, 0) is 19.8 Å². The highest BCUT2D eigenvalue weighted by Crippen LogP contribution is 2.42. The van der Waals surface area contributed by atoms with Gasteiger partial charge in [-0.3, -0.25) is 0 Å². The molecule has 28 heavy (non-hydrogen) atoms. The van der Waals surface area contributed by atoms with Crippen LogP contribution in [-0.4, -0.2) is 66.6 Å². The smallest absolute Gasteiger partial charge is 0.219 e. The highest BCUT2D eigenvalue weighted by molar-refractivity contribution is 7.19. The summed E-state index contributed by atoms with van der Waals surface area (Å²) in [5, 5.41) is 0. The second-order valence-corrected chi connectivity index (χ2v) is 7.87. The van der Waals surface area contributed by atoms with Gasteiger partial charge in [-0.05, 0) is 6.07 Å². The van der Waals surface area contributed by atoms with Gasteiger partial charge in [-0.25, -0.2) is 19.9 Å². The van der Waals surface area contributed by atoms with E-state index in [-0.39, 0.29) is 5.95 Å². The Labute approximate surface area is 165 Å². The Morgan fingerprint density at radius 1 is 1.14 bits per heavy atom. The molecule has 10 heteroatoms. The standard InChI is InChI=1S/C18H20N6O3S/c1-25-18(9-27-10-18)13-6-12-14(28-13)16(24-2-4-26-5-3-24)23-15(22-12)11-7-20-17(19)21-8-11/h6-8H,2-5,9-10H2,1H3,(H2,19,20,21). The molecule has 2 fully saturated rings. The Balaban J connectivity index is 1.66. The van der Waals surface area contributed by atoms with E-state index in [2.05, 4.69) is 20.9 Å². The second-order valence-electron chi connectivity index (χ2n) is 6.82. The van der Waals surface area contributed by atoms with Crippen LogP contribution in [0.1, 0.15) is 4.88 Å². The SMILES string of the molecule is COC1(c2cc3nc(-c4cnc(N)nc4)nc(N4CCOCC4)c3s2)COC1. The summed E-state index contributed by atoms with van der Waals surface area (Å²) in [6.07, 6.45) is 3.30. The third-order valence-electron chi connectivity index (χ3n) is 5.10. The van der Waals surface area contributed by atoms with Crippen LogP contribution in [0, 0.1) is 0 Å². The first-order valence-electron chi connectivity index (χ1n) is 9.04. The Morgan fingerprint density at radius 3 is 2.54 bits per heavy atom. The molecule has 5 heterocycles. The van der Waals surface area contributed by atoms with E-state index >= 15 is 0 Å². The van der Waals surface area contributed by atoms with Crippen LogP contribution in [0.5, 0.6) is 0 Å². The molecule has 0 aromatic carbocycles. The average Bonchev–Trinajstić information content (AvgIpc) is 3.12. The summed E-state index contributed by atoms with van der Waals surface area (Å²) in [5.74, 6) is 1.71. The van der Waals surface area contributed by atoms with Crippen LogP contribution in [0.3, 0.4) is 0 Å². The molecule has 0 saturated carbocycles. The van der Waals surface area contributed by atoms with Gasteiger partial charge in [0, 0.05) is 37.5 Å². The number of hydrogen-bond acceptors (Lipinski definition) is 10. The molecule has 0 bridgehead atoms. The number of ether oxygens (including phenoxy) is 3. The molecular formula is C18H20N6O3S. The number of thiophene rings is 1. The lowest BCUT2D eigenvalue weighted by atomic mass is 10.00. The topological polar surface area (TPSA) is 109 Å². The minimum Gasteiger partial charge on any atom is -0.378 e. The first kappa shape index (κ1) is 17.7. The lowest BCUT2D eigenvalue weighted by Crippen LogP contribution is -2.47. The number of nitrogens with zero attached hydrogens (tertiary/aromatic N) is 5. The molecule has 2 aliphatic heterocycles. The summed E-state index contributed by atoms with van der Waals surface area (Å²) in [6.45, 7) is 4.04. The van der Waals surface area contributed by atoms with Gasteiger partial charge in [-0.1, -0.05) is 0 Å². The number of methoxy groups -OCH3 is 1. The predicted molar refractivity (Wildman–Crippen MR) is 105 cm³/mol. The van der Waals surface area contributed by atoms with E-state index in [1.807, 2.05) is 0 Å². The van der Waals surface area contributed by atoms with Crippen molar-refractivity contribution < 1.29 is 14.2 Å². The summed E-state index contributed by atoms with van der Waals surface area (Å²) in [7, 11) is 1.72. The van der Waals surface area contributed by atoms with Crippen LogP contribution in [0.15, 0.2) is 18.5 Å². The van der Waals surface area contributed by atoms with Crippen LogP contribution in [0.4, 0.5) is 11.8 Å². The van der Waals surface area contributed by atoms with E-state index in [1.165, 1.54) is 0 Å². The van der Waals surface area contributed by atoms with Gasteiger partial charge in [-0.2, -0.15) is 0 Å². The summed E-state index contributed by atoms with van der Waals surface area (Å²) in [6, 6.07) is 2.08. The molecule has 3 aromatic rings. The Kier molecular flexibility index (Phi) is 4.35. The molecule has 0 aliphatic carbocycles. The van der Waals surface area contributed by atoms with Gasteiger partial charge in [0.25, 0.3) is 0 Å². The van der Waals surface area contributed by atoms with Gasteiger partial charge >= 0.3 is 0 Å². The van der Waals surface area contributed by atoms with Gasteiger partial charge in [0.15, 0.2) is 11.6 Å². The summed E-state index contributed by atoms with van der Waals surface area (Å²) in [4.78, 5) is 21.1.